The Labute approximate surface area is 136 Å². The van der Waals surface area contributed by atoms with Crippen LogP contribution in [0.5, 0.6) is 5.75 Å². The van der Waals surface area contributed by atoms with Gasteiger partial charge in [-0.1, -0.05) is 6.92 Å². The average molecular weight is 316 g/mol. The fourth-order valence-electron chi connectivity index (χ4n) is 3.46. The minimum atomic E-state index is -0.0196. The molecule has 0 aliphatic carbocycles. The van der Waals surface area contributed by atoms with Crippen molar-refractivity contribution in [3.05, 3.63) is 29.5 Å². The molecule has 0 radical (unpaired) electrons. The van der Waals surface area contributed by atoms with E-state index >= 15 is 0 Å². The monoisotopic (exact) mass is 316 g/mol. The standard InChI is InChI=1S/C18H24N2O3/c1-11-9-20(10-15(11)19(3)4)18(21)17-12(2)14-8-13(22-5)6-7-16(14)23-17/h6-8,11,15H,9-10H2,1-5H3/t11-,15-/m0/s1. The number of aryl methyl sites for hydroxylation is 1. The summed E-state index contributed by atoms with van der Waals surface area (Å²) in [7, 11) is 5.76. The Balaban J connectivity index is 1.91. The van der Waals surface area contributed by atoms with Crippen LogP contribution in [0.4, 0.5) is 0 Å². The van der Waals surface area contributed by atoms with E-state index < -0.39 is 0 Å². The van der Waals surface area contributed by atoms with Gasteiger partial charge in [-0.05, 0) is 45.1 Å². The third-order valence-corrected chi connectivity index (χ3v) is 4.86. The van der Waals surface area contributed by atoms with Gasteiger partial charge in [0.2, 0.25) is 0 Å². The van der Waals surface area contributed by atoms with Gasteiger partial charge in [0.1, 0.15) is 11.3 Å². The number of ether oxygens (including phenoxy) is 1. The molecule has 1 saturated heterocycles. The zero-order chi connectivity index (χ0) is 16.7. The normalized spacial score (nSPS) is 21.4. The number of likely N-dealkylation sites (tertiary alicyclic amines) is 1. The van der Waals surface area contributed by atoms with Crippen LogP contribution in [0.3, 0.4) is 0 Å². The fourth-order valence-corrected chi connectivity index (χ4v) is 3.46. The Morgan fingerprint density at radius 3 is 2.70 bits per heavy atom. The van der Waals surface area contributed by atoms with Gasteiger partial charge in [-0.3, -0.25) is 4.79 Å². The Morgan fingerprint density at radius 2 is 2.09 bits per heavy atom. The maximum atomic E-state index is 12.9. The number of carbonyl (C=O) groups is 1. The molecule has 0 N–H and O–H groups in total. The molecule has 5 nitrogen and oxygen atoms in total. The first-order chi connectivity index (χ1) is 10.9. The van der Waals surface area contributed by atoms with Gasteiger partial charge in [0.25, 0.3) is 5.91 Å². The summed E-state index contributed by atoms with van der Waals surface area (Å²) in [4.78, 5) is 17.0. The number of likely N-dealkylation sites (N-methyl/N-ethyl adjacent to an activating group) is 1. The van der Waals surface area contributed by atoms with Gasteiger partial charge in [-0.15, -0.1) is 0 Å². The number of benzene rings is 1. The molecule has 1 aromatic heterocycles. The zero-order valence-corrected chi connectivity index (χ0v) is 14.4. The van der Waals surface area contributed by atoms with Crippen LogP contribution in [0, 0.1) is 12.8 Å². The first kappa shape index (κ1) is 15.9. The van der Waals surface area contributed by atoms with E-state index in [2.05, 4.69) is 25.9 Å². The van der Waals surface area contributed by atoms with E-state index in [4.69, 9.17) is 9.15 Å². The molecule has 3 rings (SSSR count). The van der Waals surface area contributed by atoms with E-state index in [0.29, 0.717) is 17.7 Å². The number of hydrogen-bond donors (Lipinski definition) is 0. The topological polar surface area (TPSA) is 45.9 Å². The predicted molar refractivity (Wildman–Crippen MR) is 90.0 cm³/mol. The summed E-state index contributed by atoms with van der Waals surface area (Å²) in [6.45, 7) is 5.63. The van der Waals surface area contributed by atoms with Gasteiger partial charge >= 0.3 is 0 Å². The highest BCUT2D eigenvalue weighted by Gasteiger charge is 2.35. The highest BCUT2D eigenvalue weighted by molar-refractivity contribution is 5.99. The van der Waals surface area contributed by atoms with Crippen molar-refractivity contribution >= 4 is 16.9 Å². The molecule has 124 valence electrons. The number of hydrogen-bond acceptors (Lipinski definition) is 4. The second-order valence-electron chi connectivity index (χ2n) is 6.64. The second-order valence-corrected chi connectivity index (χ2v) is 6.64. The van der Waals surface area contributed by atoms with Crippen LogP contribution in [-0.4, -0.2) is 56.0 Å². The van der Waals surface area contributed by atoms with Gasteiger partial charge in [-0.25, -0.2) is 0 Å². The maximum Gasteiger partial charge on any atom is 0.289 e. The number of methoxy groups -OCH3 is 1. The Bertz CT molecular complexity index is 735. The number of nitrogens with zero attached hydrogens (tertiary/aromatic N) is 2. The summed E-state index contributed by atoms with van der Waals surface area (Å²) in [6, 6.07) is 6.01. The molecule has 2 heterocycles. The van der Waals surface area contributed by atoms with Gasteiger partial charge in [0.05, 0.1) is 7.11 Å². The minimum Gasteiger partial charge on any atom is -0.497 e. The summed E-state index contributed by atoms with van der Waals surface area (Å²) in [5.74, 6) is 1.65. The van der Waals surface area contributed by atoms with E-state index in [1.54, 1.807) is 7.11 Å². The molecule has 2 atom stereocenters. The van der Waals surface area contributed by atoms with E-state index in [1.165, 1.54) is 0 Å². The van der Waals surface area contributed by atoms with Gasteiger partial charge < -0.3 is 19.0 Å². The van der Waals surface area contributed by atoms with Gasteiger partial charge in [-0.2, -0.15) is 0 Å². The van der Waals surface area contributed by atoms with Crippen molar-refractivity contribution < 1.29 is 13.9 Å². The lowest BCUT2D eigenvalue weighted by Crippen LogP contribution is -2.35. The molecule has 1 aromatic carbocycles. The summed E-state index contributed by atoms with van der Waals surface area (Å²) in [6.07, 6.45) is 0. The van der Waals surface area contributed by atoms with Crippen LogP contribution in [-0.2, 0) is 0 Å². The average Bonchev–Trinajstić information content (AvgIpc) is 3.07. The molecule has 1 fully saturated rings. The zero-order valence-electron chi connectivity index (χ0n) is 14.4. The smallest absolute Gasteiger partial charge is 0.289 e. The lowest BCUT2D eigenvalue weighted by Gasteiger charge is -2.22. The molecule has 1 aliphatic heterocycles. The molecule has 0 spiro atoms. The third-order valence-electron chi connectivity index (χ3n) is 4.86. The predicted octanol–water partition coefficient (Wildman–Crippen LogP) is 2.77. The van der Waals surface area contributed by atoms with Crippen molar-refractivity contribution in [3.63, 3.8) is 0 Å². The minimum absolute atomic E-state index is 0.0196. The van der Waals surface area contributed by atoms with Gasteiger partial charge in [0.15, 0.2) is 5.76 Å². The lowest BCUT2D eigenvalue weighted by molar-refractivity contribution is 0.0751. The van der Waals surface area contributed by atoms with Crippen molar-refractivity contribution in [1.82, 2.24) is 9.80 Å². The van der Waals surface area contributed by atoms with Crippen molar-refractivity contribution in [2.24, 2.45) is 5.92 Å². The number of rotatable bonds is 3. The van der Waals surface area contributed by atoms with E-state index in [-0.39, 0.29) is 5.91 Å². The molecule has 0 unspecified atom stereocenters. The molecular formula is C18H24N2O3. The first-order valence-electron chi connectivity index (χ1n) is 7.95. The number of fused-ring (bicyclic) bond motifs is 1. The molecule has 23 heavy (non-hydrogen) atoms. The van der Waals surface area contributed by atoms with Gasteiger partial charge in [0, 0.05) is 30.1 Å². The maximum absolute atomic E-state index is 12.9. The highest BCUT2D eigenvalue weighted by Crippen LogP contribution is 2.31. The molecule has 2 aromatic rings. The molecule has 1 aliphatic rings. The second kappa shape index (κ2) is 5.89. The van der Waals surface area contributed by atoms with Crippen molar-refractivity contribution in [2.45, 2.75) is 19.9 Å². The summed E-state index contributed by atoms with van der Waals surface area (Å²) in [5, 5.41) is 0.934. The van der Waals surface area contributed by atoms with Crippen LogP contribution in [0.25, 0.3) is 11.0 Å². The highest BCUT2D eigenvalue weighted by atomic mass is 16.5. The molecule has 5 heteroatoms. The largest absolute Gasteiger partial charge is 0.497 e. The molecule has 1 amide bonds. The number of furan rings is 1. The van der Waals surface area contributed by atoms with Crippen LogP contribution in [0.15, 0.2) is 22.6 Å². The van der Waals surface area contributed by atoms with E-state index in [1.807, 2.05) is 30.0 Å². The van der Waals surface area contributed by atoms with Crippen LogP contribution in [0.2, 0.25) is 0 Å². The molecular weight excluding hydrogens is 292 g/mol. The van der Waals surface area contributed by atoms with Crippen molar-refractivity contribution in [3.8, 4) is 5.75 Å². The SMILES string of the molecule is COc1ccc2oc(C(=O)N3C[C@H](C)[C@@H](N(C)C)C3)c(C)c2c1. The Morgan fingerprint density at radius 1 is 1.35 bits per heavy atom. The van der Waals surface area contributed by atoms with Crippen molar-refractivity contribution in [2.75, 3.05) is 34.3 Å². The number of amides is 1. The lowest BCUT2D eigenvalue weighted by atomic mass is 10.1. The van der Waals surface area contributed by atoms with Crippen molar-refractivity contribution in [1.29, 1.82) is 0 Å². The summed E-state index contributed by atoms with van der Waals surface area (Å²) in [5.41, 5.74) is 1.60. The fraction of sp³-hybridized carbons (Fsp3) is 0.500. The van der Waals surface area contributed by atoms with E-state index in [0.717, 1.165) is 35.4 Å². The summed E-state index contributed by atoms with van der Waals surface area (Å²) < 4.78 is 11.1. The van der Waals surface area contributed by atoms with Crippen LogP contribution in [0.1, 0.15) is 23.0 Å². The number of carbonyl (C=O) groups excluding carboxylic acids is 1. The Hall–Kier alpha value is -2.01. The van der Waals surface area contributed by atoms with Crippen LogP contribution < -0.4 is 4.74 Å². The molecule has 0 saturated carbocycles. The third kappa shape index (κ3) is 2.70. The van der Waals surface area contributed by atoms with E-state index in [9.17, 15) is 4.79 Å². The molecule has 0 bridgehead atoms. The van der Waals surface area contributed by atoms with Crippen LogP contribution >= 0.6 is 0 Å². The summed E-state index contributed by atoms with van der Waals surface area (Å²) >= 11 is 0. The first-order valence-corrected chi connectivity index (χ1v) is 7.95. The quantitative estimate of drug-likeness (QED) is 0.873. The Kier molecular flexibility index (Phi) is 4.06.